The second-order valence-electron chi connectivity index (χ2n) is 9.59. The molecule has 2 heterocycles. The van der Waals surface area contributed by atoms with Crippen molar-refractivity contribution < 1.29 is 0 Å². The molecule has 0 fully saturated rings. The number of hydrogen-bond donors (Lipinski definition) is 0. The maximum absolute atomic E-state index is 5.10. The standard InChI is InChI=1S/C35H22N2/c1-2-12-24-23(11-1)25-13-3-5-15-27(25)31-21-35(36-22-32(31)28-16-6-4-14-26(24)28)37-33-19-9-7-17-29(33)30-18-8-10-20-34(30)37/h1-22H. The number of hydrogen-bond acceptors (Lipinski definition) is 1. The van der Waals surface area contributed by atoms with Crippen molar-refractivity contribution in [2.45, 2.75) is 0 Å². The fraction of sp³-hybridized carbons (Fsp3) is 0. The Balaban J connectivity index is 1.49. The van der Waals surface area contributed by atoms with Crippen LogP contribution in [0.15, 0.2) is 134 Å². The van der Waals surface area contributed by atoms with Crippen LogP contribution in [0.4, 0.5) is 0 Å². The molecule has 0 N–H and O–H groups in total. The van der Waals surface area contributed by atoms with E-state index >= 15 is 0 Å². The Morgan fingerprint density at radius 1 is 0.378 bits per heavy atom. The van der Waals surface area contributed by atoms with Gasteiger partial charge in [0.25, 0.3) is 0 Å². The lowest BCUT2D eigenvalue weighted by Crippen LogP contribution is -2.02. The number of benzene rings is 5. The number of para-hydroxylation sites is 2. The molecule has 0 atom stereocenters. The minimum absolute atomic E-state index is 0.928. The van der Waals surface area contributed by atoms with Crippen molar-refractivity contribution in [3.8, 4) is 50.3 Å². The van der Waals surface area contributed by atoms with E-state index in [2.05, 4.69) is 138 Å². The minimum Gasteiger partial charge on any atom is -0.294 e. The Kier molecular flexibility index (Phi) is 4.26. The highest BCUT2D eigenvalue weighted by Gasteiger charge is 2.23. The molecular weight excluding hydrogens is 448 g/mol. The molecule has 5 aromatic carbocycles. The van der Waals surface area contributed by atoms with Crippen LogP contribution in [0.25, 0.3) is 72.1 Å². The average Bonchev–Trinajstić information content (AvgIpc) is 3.31. The van der Waals surface area contributed by atoms with E-state index in [0.717, 1.165) is 11.4 Å². The first-order valence-corrected chi connectivity index (χ1v) is 12.7. The summed E-state index contributed by atoms with van der Waals surface area (Å²) in [5, 5.41) is 2.48. The quantitative estimate of drug-likeness (QED) is 0.234. The predicted octanol–water partition coefficient (Wildman–Crippen LogP) is 9.16. The van der Waals surface area contributed by atoms with Crippen molar-refractivity contribution >= 4 is 21.8 Å². The molecule has 2 aromatic heterocycles. The zero-order valence-corrected chi connectivity index (χ0v) is 20.1. The van der Waals surface area contributed by atoms with Gasteiger partial charge in [-0.1, -0.05) is 109 Å². The van der Waals surface area contributed by atoms with Gasteiger partial charge in [0.05, 0.1) is 11.0 Å². The summed E-state index contributed by atoms with van der Waals surface area (Å²) in [5.74, 6) is 0.928. The lowest BCUT2D eigenvalue weighted by atomic mass is 9.81. The van der Waals surface area contributed by atoms with Gasteiger partial charge in [0, 0.05) is 22.5 Å². The first-order chi connectivity index (χ1) is 18.4. The Labute approximate surface area is 215 Å². The molecular formula is C35H22N2. The molecule has 0 saturated carbocycles. The second kappa shape index (κ2) is 7.78. The van der Waals surface area contributed by atoms with E-state index < -0.39 is 0 Å². The van der Waals surface area contributed by atoms with Crippen LogP contribution in [0.1, 0.15) is 0 Å². The van der Waals surface area contributed by atoms with E-state index in [1.54, 1.807) is 0 Å². The number of pyridine rings is 1. The van der Waals surface area contributed by atoms with Crippen LogP contribution < -0.4 is 0 Å². The molecule has 172 valence electrons. The summed E-state index contributed by atoms with van der Waals surface area (Å²) in [4.78, 5) is 5.10. The van der Waals surface area contributed by atoms with Gasteiger partial charge >= 0.3 is 0 Å². The van der Waals surface area contributed by atoms with Crippen LogP contribution >= 0.6 is 0 Å². The highest BCUT2D eigenvalue weighted by atomic mass is 15.1. The van der Waals surface area contributed by atoms with Gasteiger partial charge in [0.2, 0.25) is 0 Å². The van der Waals surface area contributed by atoms with Gasteiger partial charge in [-0.3, -0.25) is 4.57 Å². The van der Waals surface area contributed by atoms with Gasteiger partial charge in [0.1, 0.15) is 5.82 Å². The van der Waals surface area contributed by atoms with Gasteiger partial charge in [-0.25, -0.2) is 4.98 Å². The molecule has 0 amide bonds. The van der Waals surface area contributed by atoms with Crippen LogP contribution in [0.5, 0.6) is 0 Å². The number of aromatic nitrogens is 2. The smallest absolute Gasteiger partial charge is 0.138 e. The lowest BCUT2D eigenvalue weighted by Gasteiger charge is -2.23. The summed E-state index contributed by atoms with van der Waals surface area (Å²) in [6.45, 7) is 0. The third-order valence-corrected chi connectivity index (χ3v) is 7.64. The molecule has 0 spiro atoms. The van der Waals surface area contributed by atoms with Crippen LogP contribution in [-0.2, 0) is 0 Å². The summed E-state index contributed by atoms with van der Waals surface area (Å²) in [7, 11) is 0. The molecule has 0 saturated heterocycles. The third kappa shape index (κ3) is 2.90. The molecule has 2 heteroatoms. The molecule has 0 bridgehead atoms. The summed E-state index contributed by atoms with van der Waals surface area (Å²) >= 11 is 0. The largest absolute Gasteiger partial charge is 0.294 e. The highest BCUT2D eigenvalue weighted by Crippen LogP contribution is 2.47. The number of fused-ring (bicyclic) bond motifs is 11. The lowest BCUT2D eigenvalue weighted by molar-refractivity contribution is 1.08. The van der Waals surface area contributed by atoms with Crippen LogP contribution in [0.2, 0.25) is 0 Å². The monoisotopic (exact) mass is 470 g/mol. The summed E-state index contributed by atoms with van der Waals surface area (Å²) in [5.41, 5.74) is 12.1. The molecule has 1 aliphatic carbocycles. The van der Waals surface area contributed by atoms with Crippen LogP contribution in [0.3, 0.4) is 0 Å². The zero-order valence-electron chi connectivity index (χ0n) is 20.1. The molecule has 1 aliphatic rings. The van der Waals surface area contributed by atoms with Gasteiger partial charge < -0.3 is 0 Å². The van der Waals surface area contributed by atoms with E-state index in [1.807, 2.05) is 0 Å². The van der Waals surface area contributed by atoms with Crippen molar-refractivity contribution in [3.05, 3.63) is 134 Å². The van der Waals surface area contributed by atoms with Crippen LogP contribution in [-0.4, -0.2) is 9.55 Å². The van der Waals surface area contributed by atoms with Crippen LogP contribution in [0, 0.1) is 0 Å². The molecule has 37 heavy (non-hydrogen) atoms. The van der Waals surface area contributed by atoms with E-state index in [9.17, 15) is 0 Å². The SMILES string of the molecule is c1ccc2c(c1)-c1ccccc1-c1cnc(-n3c4ccccc4c4ccccc43)cc1-c1ccccc1-2. The van der Waals surface area contributed by atoms with E-state index in [4.69, 9.17) is 4.98 Å². The predicted molar refractivity (Wildman–Crippen MR) is 154 cm³/mol. The molecule has 8 rings (SSSR count). The van der Waals surface area contributed by atoms with Gasteiger partial charge in [-0.05, 0) is 57.1 Å². The number of nitrogens with zero attached hydrogens (tertiary/aromatic N) is 2. The maximum atomic E-state index is 5.10. The van der Waals surface area contributed by atoms with Gasteiger partial charge in [0.15, 0.2) is 0 Å². The first-order valence-electron chi connectivity index (χ1n) is 12.7. The molecule has 7 aromatic rings. The molecule has 2 nitrogen and oxygen atoms in total. The topological polar surface area (TPSA) is 17.8 Å². The second-order valence-corrected chi connectivity index (χ2v) is 9.59. The van der Waals surface area contributed by atoms with Crippen molar-refractivity contribution in [2.24, 2.45) is 0 Å². The van der Waals surface area contributed by atoms with Gasteiger partial charge in [-0.15, -0.1) is 0 Å². The van der Waals surface area contributed by atoms with Crippen molar-refractivity contribution in [2.75, 3.05) is 0 Å². The third-order valence-electron chi connectivity index (χ3n) is 7.64. The van der Waals surface area contributed by atoms with E-state index in [-0.39, 0.29) is 0 Å². The van der Waals surface area contributed by atoms with E-state index in [0.29, 0.717) is 0 Å². The first kappa shape index (κ1) is 20.3. The zero-order chi connectivity index (χ0) is 24.3. The Morgan fingerprint density at radius 3 is 1.24 bits per heavy atom. The van der Waals surface area contributed by atoms with Gasteiger partial charge in [-0.2, -0.15) is 0 Å². The minimum atomic E-state index is 0.928. The molecule has 0 unspecified atom stereocenters. The fourth-order valence-corrected chi connectivity index (χ4v) is 6.03. The van der Waals surface area contributed by atoms with Crippen molar-refractivity contribution in [1.29, 1.82) is 0 Å². The summed E-state index contributed by atoms with van der Waals surface area (Å²) < 4.78 is 2.30. The maximum Gasteiger partial charge on any atom is 0.138 e. The molecule has 0 radical (unpaired) electrons. The Hall–Kier alpha value is -4.95. The summed E-state index contributed by atoms with van der Waals surface area (Å²) in [6.07, 6.45) is 2.07. The molecule has 0 aliphatic heterocycles. The summed E-state index contributed by atoms with van der Waals surface area (Å²) in [6, 6.07) is 45.7. The number of rotatable bonds is 1. The van der Waals surface area contributed by atoms with Crippen molar-refractivity contribution in [3.63, 3.8) is 0 Å². The average molecular weight is 471 g/mol. The highest BCUT2D eigenvalue weighted by molar-refractivity contribution is 6.09. The normalized spacial score (nSPS) is 11.8. The van der Waals surface area contributed by atoms with E-state index in [1.165, 1.54) is 60.8 Å². The fourth-order valence-electron chi connectivity index (χ4n) is 6.03. The Bertz CT molecular complexity index is 1930. The van der Waals surface area contributed by atoms with Crippen molar-refractivity contribution in [1.82, 2.24) is 9.55 Å². The Morgan fingerprint density at radius 2 is 0.757 bits per heavy atom.